The molecule has 0 unspecified atom stereocenters. The summed E-state index contributed by atoms with van der Waals surface area (Å²) in [7, 11) is 2.07. The van der Waals surface area contributed by atoms with Crippen LogP contribution in [0.5, 0.6) is 0 Å². The number of benzene rings is 1. The van der Waals surface area contributed by atoms with Crippen LogP contribution in [0.4, 0.5) is 0 Å². The van der Waals surface area contributed by atoms with Gasteiger partial charge in [0.05, 0.1) is 12.7 Å². The first-order chi connectivity index (χ1) is 12.2. The van der Waals surface area contributed by atoms with Crippen molar-refractivity contribution in [1.82, 2.24) is 19.7 Å². The molecule has 2 aromatic rings. The van der Waals surface area contributed by atoms with E-state index in [1.54, 1.807) is 11.8 Å². The molecule has 5 nitrogen and oxygen atoms in total. The van der Waals surface area contributed by atoms with Gasteiger partial charge in [0.1, 0.15) is 5.82 Å². The molecule has 1 saturated carbocycles. The third-order valence-electron chi connectivity index (χ3n) is 4.78. The molecule has 7 heteroatoms. The minimum absolute atomic E-state index is 0.210. The van der Waals surface area contributed by atoms with E-state index >= 15 is 0 Å². The highest BCUT2D eigenvalue weighted by atomic mass is 35.5. The van der Waals surface area contributed by atoms with E-state index in [2.05, 4.69) is 32.8 Å². The van der Waals surface area contributed by atoms with E-state index in [9.17, 15) is 0 Å². The topological polar surface area (TPSA) is 43.2 Å². The number of rotatable bonds is 6. The SMILES string of the molecule is Cn1c(SC[C@H]2CN(Cc3ccccc3Cl)CCO2)nnc1C1CC1. The quantitative estimate of drug-likeness (QED) is 0.721. The first kappa shape index (κ1) is 17.3. The van der Waals surface area contributed by atoms with E-state index in [0.29, 0.717) is 5.92 Å². The van der Waals surface area contributed by atoms with Gasteiger partial charge in [-0.05, 0) is 24.5 Å². The van der Waals surface area contributed by atoms with Gasteiger partial charge in [0, 0.05) is 43.4 Å². The average molecular weight is 379 g/mol. The molecule has 0 radical (unpaired) electrons. The standard InChI is InChI=1S/C18H23ClN4OS/c1-22-17(13-6-7-13)20-21-18(22)25-12-15-11-23(8-9-24-15)10-14-4-2-3-5-16(14)19/h2-5,13,15H,6-12H2,1H3/t15-/m1/s1. The van der Waals surface area contributed by atoms with Crippen molar-refractivity contribution in [2.75, 3.05) is 25.4 Å². The maximum Gasteiger partial charge on any atom is 0.191 e. The zero-order chi connectivity index (χ0) is 17.2. The Morgan fingerprint density at radius 3 is 2.92 bits per heavy atom. The molecule has 0 amide bonds. The van der Waals surface area contributed by atoms with Gasteiger partial charge in [-0.2, -0.15) is 0 Å². The molecule has 1 saturated heterocycles. The van der Waals surface area contributed by atoms with E-state index in [1.807, 2.05) is 18.2 Å². The summed E-state index contributed by atoms with van der Waals surface area (Å²) >= 11 is 8.03. The number of hydrogen-bond acceptors (Lipinski definition) is 5. The lowest BCUT2D eigenvalue weighted by atomic mass is 10.2. The molecule has 2 fully saturated rings. The van der Waals surface area contributed by atoms with Crippen molar-refractivity contribution in [2.45, 2.75) is 36.6 Å². The number of halogens is 1. The number of morpholine rings is 1. The Morgan fingerprint density at radius 2 is 2.12 bits per heavy atom. The second kappa shape index (κ2) is 7.66. The molecule has 0 bridgehead atoms. The van der Waals surface area contributed by atoms with Crippen LogP contribution < -0.4 is 0 Å². The van der Waals surface area contributed by atoms with Crippen LogP contribution in [-0.2, 0) is 18.3 Å². The van der Waals surface area contributed by atoms with Crippen LogP contribution in [0.25, 0.3) is 0 Å². The summed E-state index contributed by atoms with van der Waals surface area (Å²) in [5.74, 6) is 2.66. The van der Waals surface area contributed by atoms with Crippen LogP contribution in [0.2, 0.25) is 5.02 Å². The molecule has 4 rings (SSSR count). The Kier molecular flexibility index (Phi) is 5.31. The molecule has 0 spiro atoms. The first-order valence-electron chi connectivity index (χ1n) is 8.80. The summed E-state index contributed by atoms with van der Waals surface area (Å²) in [6.07, 6.45) is 2.71. The second-order valence-electron chi connectivity index (χ2n) is 6.80. The summed E-state index contributed by atoms with van der Waals surface area (Å²) in [6, 6.07) is 8.07. The molecule has 2 aliphatic rings. The Morgan fingerprint density at radius 1 is 1.28 bits per heavy atom. The van der Waals surface area contributed by atoms with Crippen LogP contribution in [0.1, 0.15) is 30.1 Å². The molecular formula is C18H23ClN4OS. The smallest absolute Gasteiger partial charge is 0.191 e. The molecule has 1 aliphatic heterocycles. The summed E-state index contributed by atoms with van der Waals surface area (Å²) in [5, 5.41) is 10.5. The molecule has 1 aromatic carbocycles. The number of nitrogens with zero attached hydrogens (tertiary/aromatic N) is 4. The Bertz CT molecular complexity index is 734. The summed E-state index contributed by atoms with van der Waals surface area (Å²) in [4.78, 5) is 2.42. The van der Waals surface area contributed by atoms with Crippen molar-refractivity contribution in [1.29, 1.82) is 0 Å². The second-order valence-corrected chi connectivity index (χ2v) is 8.20. The van der Waals surface area contributed by atoms with Crippen LogP contribution >= 0.6 is 23.4 Å². The zero-order valence-corrected chi connectivity index (χ0v) is 16.0. The van der Waals surface area contributed by atoms with E-state index in [-0.39, 0.29) is 6.10 Å². The van der Waals surface area contributed by atoms with Gasteiger partial charge in [0.2, 0.25) is 0 Å². The van der Waals surface area contributed by atoms with E-state index < -0.39 is 0 Å². The largest absolute Gasteiger partial charge is 0.375 e. The van der Waals surface area contributed by atoms with Crippen LogP contribution in [0, 0.1) is 0 Å². The fourth-order valence-corrected chi connectivity index (χ4v) is 4.33. The monoisotopic (exact) mass is 378 g/mol. The third kappa shape index (κ3) is 4.19. The number of aromatic nitrogens is 3. The summed E-state index contributed by atoms with van der Waals surface area (Å²) in [6.45, 7) is 3.51. The van der Waals surface area contributed by atoms with Crippen LogP contribution in [0.15, 0.2) is 29.4 Å². The van der Waals surface area contributed by atoms with E-state index in [1.165, 1.54) is 18.4 Å². The van der Waals surface area contributed by atoms with Gasteiger partial charge in [0.15, 0.2) is 5.16 Å². The fraction of sp³-hybridized carbons (Fsp3) is 0.556. The zero-order valence-electron chi connectivity index (χ0n) is 14.4. The van der Waals surface area contributed by atoms with Gasteiger partial charge in [-0.15, -0.1) is 10.2 Å². The predicted octanol–water partition coefficient (Wildman–Crippen LogP) is 3.34. The summed E-state index contributed by atoms with van der Waals surface area (Å²) < 4.78 is 8.10. The fourth-order valence-electron chi connectivity index (χ4n) is 3.21. The first-order valence-corrected chi connectivity index (χ1v) is 10.2. The van der Waals surface area contributed by atoms with Crippen molar-refractivity contribution < 1.29 is 4.74 Å². The lowest BCUT2D eigenvalue weighted by Crippen LogP contribution is -2.43. The van der Waals surface area contributed by atoms with Crippen molar-refractivity contribution in [2.24, 2.45) is 7.05 Å². The molecule has 1 aliphatic carbocycles. The minimum atomic E-state index is 0.210. The summed E-state index contributed by atoms with van der Waals surface area (Å²) in [5.41, 5.74) is 1.18. The molecule has 0 N–H and O–H groups in total. The van der Waals surface area contributed by atoms with Gasteiger partial charge < -0.3 is 9.30 Å². The highest BCUT2D eigenvalue weighted by Gasteiger charge is 2.29. The van der Waals surface area contributed by atoms with E-state index in [0.717, 1.165) is 48.0 Å². The number of ether oxygens (including phenoxy) is 1. The van der Waals surface area contributed by atoms with E-state index in [4.69, 9.17) is 16.3 Å². The molecule has 2 heterocycles. The normalized spacial score (nSPS) is 21.6. The van der Waals surface area contributed by atoms with Gasteiger partial charge in [0.25, 0.3) is 0 Å². The van der Waals surface area contributed by atoms with Crippen molar-refractivity contribution >= 4 is 23.4 Å². The van der Waals surface area contributed by atoms with Crippen LogP contribution in [-0.4, -0.2) is 51.2 Å². The maximum absolute atomic E-state index is 6.29. The predicted molar refractivity (Wildman–Crippen MR) is 100 cm³/mol. The highest BCUT2D eigenvalue weighted by molar-refractivity contribution is 7.99. The lowest BCUT2D eigenvalue weighted by Gasteiger charge is -2.32. The third-order valence-corrected chi connectivity index (χ3v) is 6.30. The van der Waals surface area contributed by atoms with Gasteiger partial charge in [-0.25, -0.2) is 0 Å². The Hall–Kier alpha value is -1.08. The Balaban J connectivity index is 1.31. The average Bonchev–Trinajstić information content (AvgIpc) is 3.39. The molecular weight excluding hydrogens is 356 g/mol. The maximum atomic E-state index is 6.29. The molecule has 1 aromatic heterocycles. The number of thioether (sulfide) groups is 1. The van der Waals surface area contributed by atoms with Crippen molar-refractivity contribution in [3.63, 3.8) is 0 Å². The molecule has 1 atom stereocenters. The van der Waals surface area contributed by atoms with Gasteiger partial charge in [-0.1, -0.05) is 41.6 Å². The number of hydrogen-bond donors (Lipinski definition) is 0. The van der Waals surface area contributed by atoms with Crippen LogP contribution in [0.3, 0.4) is 0 Å². The van der Waals surface area contributed by atoms with Gasteiger partial charge in [-0.3, -0.25) is 4.90 Å². The minimum Gasteiger partial charge on any atom is -0.375 e. The van der Waals surface area contributed by atoms with Crippen molar-refractivity contribution in [3.8, 4) is 0 Å². The Labute approximate surface area is 157 Å². The molecule has 134 valence electrons. The van der Waals surface area contributed by atoms with Crippen molar-refractivity contribution in [3.05, 3.63) is 40.7 Å². The lowest BCUT2D eigenvalue weighted by molar-refractivity contribution is -0.0187. The van der Waals surface area contributed by atoms with Gasteiger partial charge >= 0.3 is 0 Å². The highest BCUT2D eigenvalue weighted by Crippen LogP contribution is 2.39. The molecule has 25 heavy (non-hydrogen) atoms.